The molecule has 24 heavy (non-hydrogen) atoms. The molecule has 0 saturated heterocycles. The van der Waals surface area contributed by atoms with Crippen molar-refractivity contribution in [3.63, 3.8) is 0 Å². The van der Waals surface area contributed by atoms with Gasteiger partial charge in [-0.3, -0.25) is 4.98 Å². The lowest BCUT2D eigenvalue weighted by molar-refractivity contribution is -0.266. The van der Waals surface area contributed by atoms with Crippen LogP contribution in [0.4, 0.5) is 13.2 Å². The molecule has 0 saturated carbocycles. The fourth-order valence-corrected chi connectivity index (χ4v) is 2.96. The summed E-state index contributed by atoms with van der Waals surface area (Å²) in [6.07, 6.45) is -5.46. The lowest BCUT2D eigenvalue weighted by Gasteiger charge is -2.30. The number of benzene rings is 2. The van der Waals surface area contributed by atoms with Crippen LogP contribution in [0.5, 0.6) is 0 Å². The number of nitrogens with zero attached hydrogens (tertiary/aromatic N) is 1. The zero-order valence-corrected chi connectivity index (χ0v) is 14.0. The largest absolute Gasteiger partial charge is 0.421 e. The van der Waals surface area contributed by atoms with E-state index in [0.717, 1.165) is 9.86 Å². The second kappa shape index (κ2) is 6.18. The lowest BCUT2D eigenvalue weighted by Crippen LogP contribution is -2.44. The molecule has 1 atom stereocenters. The number of halogens is 4. The van der Waals surface area contributed by atoms with E-state index in [1.165, 1.54) is 30.3 Å². The zero-order valence-electron chi connectivity index (χ0n) is 12.4. The number of aromatic nitrogens is 1. The highest BCUT2D eigenvalue weighted by molar-refractivity contribution is 9.10. The van der Waals surface area contributed by atoms with Gasteiger partial charge in [-0.25, -0.2) is 0 Å². The van der Waals surface area contributed by atoms with Crippen molar-refractivity contribution in [2.24, 2.45) is 0 Å². The van der Waals surface area contributed by atoms with E-state index in [9.17, 15) is 18.3 Å². The first-order chi connectivity index (χ1) is 11.3. The quantitative estimate of drug-likeness (QED) is 0.677. The van der Waals surface area contributed by atoms with Gasteiger partial charge >= 0.3 is 6.18 Å². The maximum atomic E-state index is 13.6. The van der Waals surface area contributed by atoms with Gasteiger partial charge in [-0.1, -0.05) is 52.3 Å². The molecule has 1 aromatic heterocycles. The third-order valence-electron chi connectivity index (χ3n) is 3.87. The smallest absolute Gasteiger partial charge is 0.376 e. The zero-order chi connectivity index (χ0) is 17.4. The fraction of sp³-hybridized carbons (Fsp3) is 0.167. The predicted octanol–water partition coefficient (Wildman–Crippen LogP) is 4.99. The summed E-state index contributed by atoms with van der Waals surface area (Å²) in [6, 6.07) is 15.6. The molecule has 0 spiro atoms. The van der Waals surface area contributed by atoms with Gasteiger partial charge in [-0.15, -0.1) is 0 Å². The summed E-state index contributed by atoms with van der Waals surface area (Å²) in [5.41, 5.74) is -2.43. The molecule has 0 radical (unpaired) electrons. The highest BCUT2D eigenvalue weighted by Gasteiger charge is 2.55. The molecular weight excluding hydrogens is 383 g/mol. The number of alkyl halides is 3. The molecule has 2 aromatic carbocycles. The van der Waals surface area contributed by atoms with Crippen molar-refractivity contribution in [2.75, 3.05) is 0 Å². The van der Waals surface area contributed by atoms with Crippen molar-refractivity contribution in [2.45, 2.75) is 18.2 Å². The highest BCUT2D eigenvalue weighted by Crippen LogP contribution is 2.41. The first kappa shape index (κ1) is 16.9. The third-order valence-corrected chi connectivity index (χ3v) is 4.36. The van der Waals surface area contributed by atoms with Crippen molar-refractivity contribution in [3.8, 4) is 0 Å². The van der Waals surface area contributed by atoms with Gasteiger partial charge in [0.15, 0.2) is 5.60 Å². The van der Waals surface area contributed by atoms with E-state index >= 15 is 0 Å². The van der Waals surface area contributed by atoms with Crippen LogP contribution < -0.4 is 0 Å². The Hall–Kier alpha value is -1.92. The normalized spacial score (nSPS) is 14.5. The fourth-order valence-electron chi connectivity index (χ4n) is 2.58. The van der Waals surface area contributed by atoms with Gasteiger partial charge in [0.1, 0.15) is 0 Å². The Bertz CT molecular complexity index is 867. The molecule has 0 bridgehead atoms. The van der Waals surface area contributed by atoms with E-state index in [-0.39, 0.29) is 11.3 Å². The lowest BCUT2D eigenvalue weighted by atomic mass is 9.88. The maximum Gasteiger partial charge on any atom is 0.421 e. The predicted molar refractivity (Wildman–Crippen MR) is 89.5 cm³/mol. The summed E-state index contributed by atoms with van der Waals surface area (Å²) >= 11 is 3.34. The monoisotopic (exact) mass is 395 g/mol. The Morgan fingerprint density at radius 3 is 2.33 bits per heavy atom. The molecule has 0 aliphatic carbocycles. The first-order valence-corrected chi connectivity index (χ1v) is 7.99. The van der Waals surface area contributed by atoms with Gasteiger partial charge in [0.05, 0.1) is 5.52 Å². The van der Waals surface area contributed by atoms with Gasteiger partial charge in [0.2, 0.25) is 0 Å². The SMILES string of the molecule is OC(Cc1ccc2cc(Br)ccc2n1)(c1ccccc1)C(F)(F)F. The highest BCUT2D eigenvalue weighted by atomic mass is 79.9. The van der Waals surface area contributed by atoms with Crippen LogP contribution in [0.2, 0.25) is 0 Å². The second-order valence-electron chi connectivity index (χ2n) is 5.54. The molecule has 124 valence electrons. The van der Waals surface area contributed by atoms with E-state index in [1.54, 1.807) is 24.3 Å². The molecule has 1 unspecified atom stereocenters. The third kappa shape index (κ3) is 3.16. The van der Waals surface area contributed by atoms with Crippen molar-refractivity contribution in [1.82, 2.24) is 4.98 Å². The standard InChI is InChI=1S/C18H13BrF3NO/c19-14-7-9-16-12(10-14)6-8-15(23-16)11-17(24,18(20,21)22)13-4-2-1-3-5-13/h1-10,24H,11H2. The van der Waals surface area contributed by atoms with Crippen LogP contribution in [0.1, 0.15) is 11.3 Å². The van der Waals surface area contributed by atoms with Crippen LogP contribution in [-0.4, -0.2) is 16.3 Å². The van der Waals surface area contributed by atoms with Crippen LogP contribution in [0.3, 0.4) is 0 Å². The first-order valence-electron chi connectivity index (χ1n) is 7.19. The van der Waals surface area contributed by atoms with Crippen LogP contribution in [0, 0.1) is 0 Å². The van der Waals surface area contributed by atoms with E-state index in [0.29, 0.717) is 5.52 Å². The van der Waals surface area contributed by atoms with E-state index in [2.05, 4.69) is 20.9 Å². The summed E-state index contributed by atoms with van der Waals surface area (Å²) in [5.74, 6) is 0. The van der Waals surface area contributed by atoms with Crippen LogP contribution in [-0.2, 0) is 12.0 Å². The minimum absolute atomic E-state index is 0.175. The van der Waals surface area contributed by atoms with Gasteiger partial charge in [0, 0.05) is 22.0 Å². The topological polar surface area (TPSA) is 33.1 Å². The number of rotatable bonds is 3. The molecule has 6 heteroatoms. The number of hydrogen-bond donors (Lipinski definition) is 1. The maximum absolute atomic E-state index is 13.6. The summed E-state index contributed by atoms with van der Waals surface area (Å²) in [7, 11) is 0. The molecule has 0 fully saturated rings. The minimum atomic E-state index is -4.81. The van der Waals surface area contributed by atoms with Crippen molar-refractivity contribution >= 4 is 26.8 Å². The Kier molecular flexibility index (Phi) is 4.36. The average molecular weight is 396 g/mol. The molecule has 3 aromatic rings. The number of pyridine rings is 1. The summed E-state index contributed by atoms with van der Waals surface area (Å²) in [4.78, 5) is 4.26. The molecule has 2 nitrogen and oxygen atoms in total. The van der Waals surface area contributed by atoms with Gasteiger partial charge in [-0.2, -0.15) is 13.2 Å². The molecule has 0 aliphatic heterocycles. The Labute approximate surface area is 145 Å². The van der Waals surface area contributed by atoms with Crippen molar-refractivity contribution in [1.29, 1.82) is 0 Å². The minimum Gasteiger partial charge on any atom is -0.376 e. The average Bonchev–Trinajstić information content (AvgIpc) is 2.54. The number of hydrogen-bond acceptors (Lipinski definition) is 2. The van der Waals surface area contributed by atoms with Crippen LogP contribution in [0.25, 0.3) is 10.9 Å². The van der Waals surface area contributed by atoms with Crippen LogP contribution in [0.15, 0.2) is 65.1 Å². The molecule has 0 amide bonds. The van der Waals surface area contributed by atoms with Gasteiger partial charge in [-0.05, 0) is 29.8 Å². The summed E-state index contributed by atoms with van der Waals surface area (Å²) in [6.45, 7) is 0. The van der Waals surface area contributed by atoms with Crippen molar-refractivity contribution in [3.05, 3.63) is 76.4 Å². The van der Waals surface area contributed by atoms with Gasteiger partial charge < -0.3 is 5.11 Å². The Morgan fingerprint density at radius 2 is 1.67 bits per heavy atom. The molecular formula is C18H13BrF3NO. The van der Waals surface area contributed by atoms with E-state index in [4.69, 9.17) is 0 Å². The Morgan fingerprint density at radius 1 is 0.958 bits per heavy atom. The van der Waals surface area contributed by atoms with Crippen molar-refractivity contribution < 1.29 is 18.3 Å². The molecule has 3 rings (SSSR count). The number of fused-ring (bicyclic) bond motifs is 1. The molecule has 1 heterocycles. The second-order valence-corrected chi connectivity index (χ2v) is 6.46. The number of aliphatic hydroxyl groups is 1. The molecule has 1 N–H and O–H groups in total. The molecule has 0 aliphatic rings. The summed E-state index contributed by atoms with van der Waals surface area (Å²) in [5, 5.41) is 11.2. The Balaban J connectivity index is 2.04. The summed E-state index contributed by atoms with van der Waals surface area (Å²) < 4.78 is 41.5. The van der Waals surface area contributed by atoms with Gasteiger partial charge in [0.25, 0.3) is 0 Å². The van der Waals surface area contributed by atoms with E-state index < -0.39 is 18.2 Å². The van der Waals surface area contributed by atoms with E-state index in [1.807, 2.05) is 6.07 Å². The van der Waals surface area contributed by atoms with Crippen LogP contribution >= 0.6 is 15.9 Å².